The predicted octanol–water partition coefficient (Wildman–Crippen LogP) is 3.06. The number of hydrogen-bond donors (Lipinski definition) is 1. The zero-order chi connectivity index (χ0) is 30.0. The van der Waals surface area contributed by atoms with Crippen molar-refractivity contribution in [3.05, 3.63) is 70.3 Å². The standard InChI is InChI=1S/C28H33F3N4O5S/c1-19-15-23(25(36)34(2)3)8-7-21(19)9-14-41(38,39)35-12-10-27(11-13-35)26(37)32-24(33-27)22-6-4-5-20(16-22)17-40-18-28(29,30)31/h4-8,15-16H,9-14,17-18H2,1-3H3,(H,32,33,37). The fourth-order valence-electron chi connectivity index (χ4n) is 4.96. The van der Waals surface area contributed by atoms with Gasteiger partial charge in [-0.1, -0.05) is 24.3 Å². The molecular weight excluding hydrogens is 561 g/mol. The molecule has 1 saturated heterocycles. The summed E-state index contributed by atoms with van der Waals surface area (Å²) in [6.07, 6.45) is -3.72. The molecule has 0 unspecified atom stereocenters. The molecule has 222 valence electrons. The van der Waals surface area contributed by atoms with Crippen LogP contribution in [0, 0.1) is 6.92 Å². The highest BCUT2D eigenvalue weighted by Gasteiger charge is 2.47. The molecular formula is C28H33F3N4O5S. The monoisotopic (exact) mass is 594 g/mol. The van der Waals surface area contributed by atoms with E-state index in [1.165, 1.54) is 9.21 Å². The molecule has 0 radical (unpaired) electrons. The van der Waals surface area contributed by atoms with Crippen molar-refractivity contribution >= 4 is 27.7 Å². The van der Waals surface area contributed by atoms with Crippen molar-refractivity contribution in [1.29, 1.82) is 0 Å². The molecule has 13 heteroatoms. The lowest BCUT2D eigenvalue weighted by Gasteiger charge is -2.34. The Kier molecular flexibility index (Phi) is 8.90. The van der Waals surface area contributed by atoms with Gasteiger partial charge in [0.2, 0.25) is 10.0 Å². The van der Waals surface area contributed by atoms with Crippen molar-refractivity contribution in [3.8, 4) is 0 Å². The van der Waals surface area contributed by atoms with Gasteiger partial charge in [0, 0.05) is 38.3 Å². The minimum absolute atomic E-state index is 0.105. The van der Waals surface area contributed by atoms with Gasteiger partial charge in [-0.3, -0.25) is 14.6 Å². The molecule has 0 bridgehead atoms. The summed E-state index contributed by atoms with van der Waals surface area (Å²) < 4.78 is 69.5. The van der Waals surface area contributed by atoms with Crippen molar-refractivity contribution in [3.63, 3.8) is 0 Å². The lowest BCUT2D eigenvalue weighted by molar-refractivity contribution is -0.176. The first-order chi connectivity index (χ1) is 19.2. The van der Waals surface area contributed by atoms with Gasteiger partial charge in [0.25, 0.3) is 11.8 Å². The zero-order valence-electron chi connectivity index (χ0n) is 23.1. The van der Waals surface area contributed by atoms with Gasteiger partial charge < -0.3 is 15.0 Å². The van der Waals surface area contributed by atoms with Gasteiger partial charge in [0.15, 0.2) is 0 Å². The number of benzene rings is 2. The Balaban J connectivity index is 1.37. The Hall–Kier alpha value is -3.29. The molecule has 4 rings (SSSR count). The van der Waals surface area contributed by atoms with Crippen LogP contribution in [0.3, 0.4) is 0 Å². The third-order valence-electron chi connectivity index (χ3n) is 7.28. The first-order valence-corrected chi connectivity index (χ1v) is 14.7. The summed E-state index contributed by atoms with van der Waals surface area (Å²) in [6, 6.07) is 11.8. The van der Waals surface area contributed by atoms with Crippen LogP contribution in [0.2, 0.25) is 0 Å². The van der Waals surface area contributed by atoms with Crippen LogP contribution >= 0.6 is 0 Å². The smallest absolute Gasteiger partial charge is 0.367 e. The number of hydrogen-bond acceptors (Lipinski definition) is 6. The zero-order valence-corrected chi connectivity index (χ0v) is 23.9. The second-order valence-corrected chi connectivity index (χ2v) is 12.6. The molecule has 0 atom stereocenters. The Bertz CT molecular complexity index is 1450. The average molecular weight is 595 g/mol. The van der Waals surface area contributed by atoms with E-state index >= 15 is 0 Å². The van der Waals surface area contributed by atoms with Crippen molar-refractivity contribution < 1.29 is 35.9 Å². The fourth-order valence-corrected chi connectivity index (χ4v) is 6.43. The van der Waals surface area contributed by atoms with Crippen LogP contribution in [0.15, 0.2) is 47.5 Å². The number of halogens is 3. The van der Waals surface area contributed by atoms with Gasteiger partial charge in [-0.25, -0.2) is 12.7 Å². The Morgan fingerprint density at radius 2 is 1.85 bits per heavy atom. The first kappa shape index (κ1) is 30.7. The molecule has 1 N–H and O–H groups in total. The fraction of sp³-hybridized carbons (Fsp3) is 0.464. The van der Waals surface area contributed by atoms with E-state index in [9.17, 15) is 31.2 Å². The third kappa shape index (κ3) is 7.32. The lowest BCUT2D eigenvalue weighted by atomic mass is 9.89. The minimum Gasteiger partial charge on any atom is -0.367 e. The van der Waals surface area contributed by atoms with E-state index in [0.29, 0.717) is 22.5 Å². The molecule has 1 fully saturated rings. The molecule has 2 aromatic rings. The van der Waals surface area contributed by atoms with Crippen LogP contribution in [0.4, 0.5) is 13.2 Å². The van der Waals surface area contributed by atoms with Gasteiger partial charge in [-0.2, -0.15) is 13.2 Å². The van der Waals surface area contributed by atoms with Gasteiger partial charge in [-0.05, 0) is 61.1 Å². The number of sulfonamides is 1. The SMILES string of the molecule is Cc1cc(C(=O)N(C)C)ccc1CCS(=O)(=O)N1CCC2(CC1)N=C(c1cccc(COCC(F)(F)F)c1)NC2=O. The molecule has 2 amide bonds. The second kappa shape index (κ2) is 11.9. The number of carbonyl (C=O) groups is 2. The lowest BCUT2D eigenvalue weighted by Crippen LogP contribution is -2.50. The highest BCUT2D eigenvalue weighted by Crippen LogP contribution is 2.32. The van der Waals surface area contributed by atoms with Gasteiger partial charge in [-0.15, -0.1) is 0 Å². The van der Waals surface area contributed by atoms with Crippen LogP contribution in [0.25, 0.3) is 0 Å². The molecule has 0 aliphatic carbocycles. The van der Waals surface area contributed by atoms with Crippen molar-refractivity contribution in [1.82, 2.24) is 14.5 Å². The maximum absolute atomic E-state index is 13.1. The quantitative estimate of drug-likeness (QED) is 0.480. The van der Waals surface area contributed by atoms with Gasteiger partial charge in [0.1, 0.15) is 18.0 Å². The van der Waals surface area contributed by atoms with Crippen LogP contribution in [-0.4, -0.2) is 86.5 Å². The van der Waals surface area contributed by atoms with Gasteiger partial charge in [0.05, 0.1) is 12.4 Å². The third-order valence-corrected chi connectivity index (χ3v) is 9.16. The topological polar surface area (TPSA) is 108 Å². The number of amidine groups is 1. The Labute approximate surface area is 237 Å². The van der Waals surface area contributed by atoms with Crippen molar-refractivity contribution in [2.24, 2.45) is 4.99 Å². The van der Waals surface area contributed by atoms with E-state index in [1.807, 2.05) is 6.92 Å². The minimum atomic E-state index is -4.42. The number of piperidine rings is 1. The van der Waals surface area contributed by atoms with E-state index in [4.69, 9.17) is 4.74 Å². The van der Waals surface area contributed by atoms with E-state index < -0.39 is 28.3 Å². The predicted molar refractivity (Wildman–Crippen MR) is 147 cm³/mol. The number of aryl methyl sites for hydroxylation is 2. The summed E-state index contributed by atoms with van der Waals surface area (Å²) in [6.45, 7) is 0.504. The molecule has 2 heterocycles. The van der Waals surface area contributed by atoms with E-state index in [-0.39, 0.29) is 56.5 Å². The number of nitrogens with one attached hydrogen (secondary N) is 1. The maximum Gasteiger partial charge on any atom is 0.411 e. The summed E-state index contributed by atoms with van der Waals surface area (Å²) in [5, 5.41) is 2.76. The second-order valence-electron chi connectivity index (χ2n) is 10.6. The van der Waals surface area contributed by atoms with Crippen LogP contribution in [-0.2, 0) is 32.6 Å². The summed E-state index contributed by atoms with van der Waals surface area (Å²) in [5.74, 6) is -0.257. The molecule has 41 heavy (non-hydrogen) atoms. The summed E-state index contributed by atoms with van der Waals surface area (Å²) in [5.41, 5.74) is 2.15. The van der Waals surface area contributed by atoms with Gasteiger partial charge >= 0.3 is 6.18 Å². The molecule has 0 saturated carbocycles. The van der Waals surface area contributed by atoms with Crippen LogP contribution in [0.5, 0.6) is 0 Å². The summed E-state index contributed by atoms with van der Waals surface area (Å²) >= 11 is 0. The summed E-state index contributed by atoms with van der Waals surface area (Å²) in [4.78, 5) is 31.3. The summed E-state index contributed by atoms with van der Waals surface area (Å²) in [7, 11) is -0.272. The van der Waals surface area contributed by atoms with E-state index in [1.54, 1.807) is 56.6 Å². The first-order valence-electron chi connectivity index (χ1n) is 13.1. The number of ether oxygens (including phenoxy) is 1. The van der Waals surface area contributed by atoms with Crippen molar-refractivity contribution in [2.75, 3.05) is 39.5 Å². The van der Waals surface area contributed by atoms with Crippen LogP contribution in [0.1, 0.15) is 45.5 Å². The molecule has 9 nitrogen and oxygen atoms in total. The number of carbonyl (C=O) groups excluding carboxylic acids is 2. The van der Waals surface area contributed by atoms with Crippen molar-refractivity contribution in [2.45, 2.75) is 44.5 Å². The average Bonchev–Trinajstić information content (AvgIpc) is 3.22. The number of rotatable bonds is 9. The Morgan fingerprint density at radius 3 is 2.49 bits per heavy atom. The van der Waals surface area contributed by atoms with E-state index in [2.05, 4.69) is 10.3 Å². The molecule has 2 aliphatic heterocycles. The number of alkyl halides is 3. The Morgan fingerprint density at radius 1 is 1.15 bits per heavy atom. The molecule has 2 aromatic carbocycles. The highest BCUT2D eigenvalue weighted by atomic mass is 32.2. The number of aliphatic imine (C=N–C) groups is 1. The normalized spacial score (nSPS) is 17.4. The molecule has 1 spiro atoms. The molecule has 2 aliphatic rings. The number of nitrogens with zero attached hydrogens (tertiary/aromatic N) is 3. The number of amides is 2. The maximum atomic E-state index is 13.1. The highest BCUT2D eigenvalue weighted by molar-refractivity contribution is 7.89. The largest absolute Gasteiger partial charge is 0.411 e. The van der Waals surface area contributed by atoms with E-state index in [0.717, 1.165) is 11.1 Å². The molecule has 0 aromatic heterocycles. The van der Waals surface area contributed by atoms with Crippen LogP contribution < -0.4 is 5.32 Å².